The van der Waals surface area contributed by atoms with E-state index in [-0.39, 0.29) is 11.9 Å². The van der Waals surface area contributed by atoms with E-state index < -0.39 is 0 Å². The molecule has 4 heteroatoms. The number of nitrogens with one attached hydrogen (secondary N) is 1. The number of halogens is 2. The van der Waals surface area contributed by atoms with E-state index in [1.807, 2.05) is 13.0 Å². The molecule has 1 fully saturated rings. The molecule has 94 valence electrons. The van der Waals surface area contributed by atoms with Gasteiger partial charge in [0.05, 0.1) is 6.61 Å². The third kappa shape index (κ3) is 3.06. The highest BCUT2D eigenvalue weighted by atomic mass is 79.9. The SMILES string of the molecule is CCNC(c1cc(Br)ccc1F)C1CCOC1. The molecule has 0 aliphatic carbocycles. The zero-order valence-corrected chi connectivity index (χ0v) is 11.5. The molecule has 2 atom stereocenters. The number of ether oxygens (including phenoxy) is 1. The van der Waals surface area contributed by atoms with Crippen LogP contribution in [0.3, 0.4) is 0 Å². The average Bonchev–Trinajstić information content (AvgIpc) is 2.83. The summed E-state index contributed by atoms with van der Waals surface area (Å²) in [6.07, 6.45) is 0.990. The van der Waals surface area contributed by atoms with E-state index in [1.54, 1.807) is 6.07 Å². The Morgan fingerprint density at radius 2 is 2.41 bits per heavy atom. The monoisotopic (exact) mass is 301 g/mol. The Morgan fingerprint density at radius 1 is 1.59 bits per heavy atom. The molecule has 0 bridgehead atoms. The quantitative estimate of drug-likeness (QED) is 0.921. The van der Waals surface area contributed by atoms with Crippen molar-refractivity contribution in [1.82, 2.24) is 5.32 Å². The molecule has 0 aromatic heterocycles. The summed E-state index contributed by atoms with van der Waals surface area (Å²) in [6.45, 7) is 4.36. The van der Waals surface area contributed by atoms with Gasteiger partial charge in [0.15, 0.2) is 0 Å². The predicted octanol–water partition coefficient (Wildman–Crippen LogP) is 3.28. The van der Waals surface area contributed by atoms with Gasteiger partial charge in [-0.25, -0.2) is 4.39 Å². The summed E-state index contributed by atoms with van der Waals surface area (Å²) in [7, 11) is 0. The van der Waals surface area contributed by atoms with Gasteiger partial charge >= 0.3 is 0 Å². The van der Waals surface area contributed by atoms with Crippen LogP contribution in [0.1, 0.15) is 24.9 Å². The molecule has 1 aliphatic rings. The van der Waals surface area contributed by atoms with Gasteiger partial charge in [-0.3, -0.25) is 0 Å². The van der Waals surface area contributed by atoms with Gasteiger partial charge < -0.3 is 10.1 Å². The highest BCUT2D eigenvalue weighted by Gasteiger charge is 2.28. The maximum absolute atomic E-state index is 13.9. The smallest absolute Gasteiger partial charge is 0.128 e. The van der Waals surface area contributed by atoms with Crippen LogP contribution in [-0.4, -0.2) is 19.8 Å². The fourth-order valence-electron chi connectivity index (χ4n) is 2.32. The van der Waals surface area contributed by atoms with E-state index in [0.29, 0.717) is 12.5 Å². The highest BCUT2D eigenvalue weighted by Crippen LogP contribution is 2.31. The summed E-state index contributed by atoms with van der Waals surface area (Å²) in [5.74, 6) is 0.213. The molecule has 1 saturated heterocycles. The first-order chi connectivity index (χ1) is 8.22. The van der Waals surface area contributed by atoms with Gasteiger partial charge in [-0.2, -0.15) is 0 Å². The fourth-order valence-corrected chi connectivity index (χ4v) is 2.70. The number of benzene rings is 1. The molecule has 2 nitrogen and oxygen atoms in total. The van der Waals surface area contributed by atoms with E-state index in [2.05, 4.69) is 21.2 Å². The Balaban J connectivity index is 2.27. The molecule has 1 aromatic carbocycles. The molecular weight excluding hydrogens is 285 g/mol. The summed E-state index contributed by atoms with van der Waals surface area (Å²) in [5.41, 5.74) is 0.733. The van der Waals surface area contributed by atoms with E-state index in [0.717, 1.165) is 29.6 Å². The fraction of sp³-hybridized carbons (Fsp3) is 0.538. The lowest BCUT2D eigenvalue weighted by atomic mass is 9.92. The molecule has 2 rings (SSSR count). The number of rotatable bonds is 4. The number of hydrogen-bond acceptors (Lipinski definition) is 2. The molecule has 0 spiro atoms. The van der Waals surface area contributed by atoms with Crippen LogP contribution in [0.4, 0.5) is 4.39 Å². The summed E-state index contributed by atoms with van der Waals surface area (Å²) >= 11 is 3.40. The third-order valence-electron chi connectivity index (χ3n) is 3.15. The van der Waals surface area contributed by atoms with Crippen molar-refractivity contribution in [1.29, 1.82) is 0 Å². The van der Waals surface area contributed by atoms with Crippen LogP contribution in [-0.2, 0) is 4.74 Å². The van der Waals surface area contributed by atoms with Crippen LogP contribution >= 0.6 is 15.9 Å². The molecular formula is C13H17BrFNO. The van der Waals surface area contributed by atoms with Gasteiger partial charge in [0, 0.05) is 28.6 Å². The average molecular weight is 302 g/mol. The maximum atomic E-state index is 13.9. The zero-order chi connectivity index (χ0) is 12.3. The standard InChI is InChI=1S/C13H17BrFNO/c1-2-16-13(9-5-6-17-8-9)11-7-10(14)3-4-12(11)15/h3-4,7,9,13,16H,2,5-6,8H2,1H3. The largest absolute Gasteiger partial charge is 0.381 e. The van der Waals surface area contributed by atoms with Crippen molar-refractivity contribution in [3.63, 3.8) is 0 Å². The molecule has 1 heterocycles. The topological polar surface area (TPSA) is 21.3 Å². The Kier molecular flexibility index (Phi) is 4.54. The number of hydrogen-bond donors (Lipinski definition) is 1. The summed E-state index contributed by atoms with van der Waals surface area (Å²) in [4.78, 5) is 0. The highest BCUT2D eigenvalue weighted by molar-refractivity contribution is 9.10. The lowest BCUT2D eigenvalue weighted by molar-refractivity contribution is 0.176. The van der Waals surface area contributed by atoms with Crippen LogP contribution in [0.25, 0.3) is 0 Å². The van der Waals surface area contributed by atoms with E-state index in [4.69, 9.17) is 4.74 Å². The molecule has 0 amide bonds. The maximum Gasteiger partial charge on any atom is 0.128 e. The van der Waals surface area contributed by atoms with E-state index in [1.165, 1.54) is 6.07 Å². The molecule has 17 heavy (non-hydrogen) atoms. The molecule has 1 N–H and O–H groups in total. The molecule has 1 aromatic rings. The summed E-state index contributed by atoms with van der Waals surface area (Å²) in [6, 6.07) is 5.15. The first-order valence-electron chi connectivity index (χ1n) is 5.98. The van der Waals surface area contributed by atoms with Crippen molar-refractivity contribution in [3.05, 3.63) is 34.1 Å². The normalized spacial score (nSPS) is 21.7. The van der Waals surface area contributed by atoms with Gasteiger partial charge in [0.1, 0.15) is 5.82 Å². The van der Waals surface area contributed by atoms with Crippen LogP contribution in [0.5, 0.6) is 0 Å². The summed E-state index contributed by atoms with van der Waals surface area (Å²) in [5, 5.41) is 3.37. The molecule has 2 unspecified atom stereocenters. The van der Waals surface area contributed by atoms with Crippen LogP contribution in [0, 0.1) is 11.7 Å². The van der Waals surface area contributed by atoms with Crippen molar-refractivity contribution in [2.24, 2.45) is 5.92 Å². The Hall–Kier alpha value is -0.450. The van der Waals surface area contributed by atoms with Crippen molar-refractivity contribution in [2.45, 2.75) is 19.4 Å². The van der Waals surface area contributed by atoms with Crippen molar-refractivity contribution in [2.75, 3.05) is 19.8 Å². The zero-order valence-electron chi connectivity index (χ0n) is 9.88. The lowest BCUT2D eigenvalue weighted by Gasteiger charge is -2.24. The van der Waals surface area contributed by atoms with Crippen molar-refractivity contribution >= 4 is 15.9 Å². The third-order valence-corrected chi connectivity index (χ3v) is 3.65. The van der Waals surface area contributed by atoms with Gasteiger partial charge in [-0.15, -0.1) is 0 Å². The Morgan fingerprint density at radius 3 is 3.06 bits per heavy atom. The van der Waals surface area contributed by atoms with Gasteiger partial charge in [0.25, 0.3) is 0 Å². The Bertz CT molecular complexity index is 380. The first-order valence-corrected chi connectivity index (χ1v) is 6.77. The van der Waals surface area contributed by atoms with Crippen LogP contribution in [0.2, 0.25) is 0 Å². The minimum absolute atomic E-state index is 0.0417. The Labute approximate surface area is 110 Å². The first kappa shape index (κ1) is 13.0. The van der Waals surface area contributed by atoms with Gasteiger partial charge in [-0.1, -0.05) is 22.9 Å². The van der Waals surface area contributed by atoms with Crippen molar-refractivity contribution < 1.29 is 9.13 Å². The van der Waals surface area contributed by atoms with E-state index >= 15 is 0 Å². The lowest BCUT2D eigenvalue weighted by Crippen LogP contribution is -2.29. The molecule has 0 radical (unpaired) electrons. The second kappa shape index (κ2) is 5.94. The molecule has 1 aliphatic heterocycles. The van der Waals surface area contributed by atoms with Crippen LogP contribution < -0.4 is 5.32 Å². The second-order valence-electron chi connectivity index (χ2n) is 4.32. The molecule has 0 saturated carbocycles. The van der Waals surface area contributed by atoms with Crippen molar-refractivity contribution in [3.8, 4) is 0 Å². The van der Waals surface area contributed by atoms with Crippen LogP contribution in [0.15, 0.2) is 22.7 Å². The minimum atomic E-state index is -0.147. The van der Waals surface area contributed by atoms with Gasteiger partial charge in [-0.05, 0) is 31.2 Å². The summed E-state index contributed by atoms with van der Waals surface area (Å²) < 4.78 is 20.2. The van der Waals surface area contributed by atoms with E-state index in [9.17, 15) is 4.39 Å². The predicted molar refractivity (Wildman–Crippen MR) is 69.4 cm³/mol. The van der Waals surface area contributed by atoms with Gasteiger partial charge in [0.2, 0.25) is 0 Å². The second-order valence-corrected chi connectivity index (χ2v) is 5.24. The minimum Gasteiger partial charge on any atom is -0.381 e.